The molecule has 0 fully saturated rings. The Morgan fingerprint density at radius 1 is 0.280 bits per heavy atom. The average Bonchev–Trinajstić information content (AvgIpc) is 1.01. The highest BCUT2D eigenvalue weighted by Gasteiger charge is 2.30. The molecule has 0 heterocycles. The van der Waals surface area contributed by atoms with Gasteiger partial charge >= 0.3 is 39.5 Å². The average molecular weight is 1450 g/mol. The zero-order chi connectivity index (χ0) is 73.2. The molecule has 0 aromatic heterocycles. The predicted molar refractivity (Wildman–Crippen MR) is 409 cm³/mol. The number of ether oxygens (including phenoxy) is 4. The highest BCUT2D eigenvalue weighted by molar-refractivity contribution is 7.47. The lowest BCUT2D eigenvalue weighted by atomic mass is 10.1. The van der Waals surface area contributed by atoms with Gasteiger partial charge in [0.2, 0.25) is 0 Å². The molecule has 0 radical (unpaired) electrons. The van der Waals surface area contributed by atoms with Gasteiger partial charge in [-0.2, -0.15) is 0 Å². The quantitative estimate of drug-likeness (QED) is 0.0169. The molecule has 19 heteroatoms. The Bertz CT molecular complexity index is 2120. The van der Waals surface area contributed by atoms with Gasteiger partial charge in [-0.05, 0) is 154 Å². The van der Waals surface area contributed by atoms with Crippen LogP contribution in [0.2, 0.25) is 0 Å². The summed E-state index contributed by atoms with van der Waals surface area (Å²) in [6.45, 7) is 4.74. The Morgan fingerprint density at radius 2 is 0.490 bits per heavy atom. The van der Waals surface area contributed by atoms with Crippen molar-refractivity contribution in [3.63, 3.8) is 0 Å². The maximum absolute atomic E-state index is 13.1. The summed E-state index contributed by atoms with van der Waals surface area (Å²) >= 11 is 0. The van der Waals surface area contributed by atoms with E-state index in [9.17, 15) is 43.2 Å². The second-order valence-electron chi connectivity index (χ2n) is 26.3. The summed E-state index contributed by atoms with van der Waals surface area (Å²) in [4.78, 5) is 72.9. The molecule has 17 nitrogen and oxygen atoms in total. The minimum Gasteiger partial charge on any atom is -0.462 e. The molecule has 0 aromatic carbocycles. The number of hydrogen-bond acceptors (Lipinski definition) is 15. The van der Waals surface area contributed by atoms with Crippen molar-refractivity contribution in [3.05, 3.63) is 97.2 Å². The zero-order valence-corrected chi connectivity index (χ0v) is 64.9. The summed E-state index contributed by atoms with van der Waals surface area (Å²) in [5.41, 5.74) is 0. The van der Waals surface area contributed by atoms with E-state index in [1.54, 1.807) is 0 Å². The van der Waals surface area contributed by atoms with Gasteiger partial charge in [-0.15, -0.1) is 0 Å². The molecule has 0 rings (SSSR count). The van der Waals surface area contributed by atoms with Crippen molar-refractivity contribution < 1.29 is 80.2 Å². The normalized spacial score (nSPS) is 14.4. The van der Waals surface area contributed by atoms with Crippen LogP contribution in [0.1, 0.15) is 336 Å². The summed E-state index contributed by atoms with van der Waals surface area (Å²) in [5, 5.41) is 10.6. The van der Waals surface area contributed by atoms with Crippen LogP contribution in [-0.2, 0) is 65.4 Å². The molecule has 578 valence electrons. The van der Waals surface area contributed by atoms with Crippen LogP contribution in [0.15, 0.2) is 97.2 Å². The molecule has 0 amide bonds. The molecule has 100 heavy (non-hydrogen) atoms. The van der Waals surface area contributed by atoms with E-state index in [0.717, 1.165) is 180 Å². The maximum atomic E-state index is 13.1. The van der Waals surface area contributed by atoms with E-state index in [1.165, 1.54) is 77.0 Å². The molecular weight excluding hydrogens is 1310 g/mol. The maximum Gasteiger partial charge on any atom is 0.472 e. The SMILES string of the molecule is CCCCCC=CCC=CCCCCCCCC(=O)OCC(COP(=O)(O)OCC(O)COP(=O)(O)OCC(COC(=O)CCCCCCCC=CCC=CCCCCC)OC(=O)CCCCCCCC=CCC=CCCCCC)OC(=O)CCCCCCCC=CCC=CCCCCC. The Hall–Kier alpha value is -4.02. The van der Waals surface area contributed by atoms with Crippen LogP contribution in [0.5, 0.6) is 0 Å². The number of esters is 4. The van der Waals surface area contributed by atoms with Crippen molar-refractivity contribution in [2.24, 2.45) is 0 Å². The predicted octanol–water partition coefficient (Wildman–Crippen LogP) is 22.8. The summed E-state index contributed by atoms with van der Waals surface area (Å²) in [5.74, 6) is -2.22. The third-order valence-corrected chi connectivity index (χ3v) is 18.4. The van der Waals surface area contributed by atoms with Gasteiger partial charge in [0.1, 0.15) is 19.3 Å². The number of carbonyl (C=O) groups excluding carboxylic acids is 4. The number of unbranched alkanes of at least 4 members (excludes halogenated alkanes) is 32. The standard InChI is InChI=1S/C81H142O17P2/c1-5-9-13-17-21-25-29-33-37-41-45-49-53-57-61-65-78(83)91-71-76(97-80(85)67-63-59-55-51-47-43-39-35-31-27-23-19-15-11-7-3)73-95-99(87,88)93-69-75(82)70-94-100(89,90)96-74-77(98-81(86)68-64-60-56-52-48-44-40-36-32-28-24-20-16-12-8-4)72-92-79(84)66-62-58-54-50-46-42-38-34-30-26-22-18-14-10-6-2/h21-28,33-40,75-77,82H,5-20,29-32,41-74H2,1-4H3,(H,87,88)(H,89,90). The molecular formula is C81H142O17P2. The number of phosphoric ester groups is 2. The van der Waals surface area contributed by atoms with E-state index in [2.05, 4.69) is 125 Å². The highest BCUT2D eigenvalue weighted by atomic mass is 31.2. The van der Waals surface area contributed by atoms with Gasteiger partial charge in [0, 0.05) is 25.7 Å². The fraction of sp³-hybridized carbons (Fsp3) is 0.753. The Balaban J connectivity index is 5.40. The van der Waals surface area contributed by atoms with Gasteiger partial charge in [-0.1, -0.05) is 253 Å². The van der Waals surface area contributed by atoms with Gasteiger partial charge in [-0.3, -0.25) is 37.3 Å². The number of allylic oxidation sites excluding steroid dienone is 16. The first-order chi connectivity index (χ1) is 48.7. The van der Waals surface area contributed by atoms with Crippen molar-refractivity contribution in [2.45, 2.75) is 354 Å². The van der Waals surface area contributed by atoms with Gasteiger partial charge in [0.25, 0.3) is 0 Å². The van der Waals surface area contributed by atoms with Crippen molar-refractivity contribution >= 4 is 39.5 Å². The third-order valence-electron chi connectivity index (χ3n) is 16.5. The van der Waals surface area contributed by atoms with E-state index in [-0.39, 0.29) is 25.7 Å². The van der Waals surface area contributed by atoms with Crippen molar-refractivity contribution in [1.82, 2.24) is 0 Å². The molecule has 0 aliphatic rings. The molecule has 0 aromatic rings. The van der Waals surface area contributed by atoms with Crippen molar-refractivity contribution in [2.75, 3.05) is 39.6 Å². The summed E-state index contributed by atoms with van der Waals surface area (Å²) in [7, 11) is -9.97. The number of aliphatic hydroxyl groups is 1. The summed E-state index contributed by atoms with van der Waals surface area (Å²) < 4.78 is 68.5. The number of rotatable bonds is 74. The van der Waals surface area contributed by atoms with Crippen LogP contribution < -0.4 is 0 Å². The van der Waals surface area contributed by atoms with Gasteiger partial charge in [-0.25, -0.2) is 9.13 Å². The second kappa shape index (κ2) is 73.3. The molecule has 0 aliphatic carbocycles. The largest absolute Gasteiger partial charge is 0.472 e. The fourth-order valence-corrected chi connectivity index (χ4v) is 12.0. The molecule has 0 bridgehead atoms. The highest BCUT2D eigenvalue weighted by Crippen LogP contribution is 2.45. The van der Waals surface area contributed by atoms with Gasteiger partial charge < -0.3 is 33.8 Å². The van der Waals surface area contributed by atoms with E-state index in [0.29, 0.717) is 25.7 Å². The smallest absolute Gasteiger partial charge is 0.462 e. The molecule has 0 saturated heterocycles. The van der Waals surface area contributed by atoms with Gasteiger partial charge in [0.15, 0.2) is 12.2 Å². The van der Waals surface area contributed by atoms with Crippen LogP contribution in [-0.4, -0.2) is 96.7 Å². The molecule has 4 unspecified atom stereocenters. The Labute approximate surface area is 607 Å². The number of aliphatic hydroxyl groups excluding tert-OH is 1. The van der Waals surface area contributed by atoms with Crippen molar-refractivity contribution in [1.29, 1.82) is 0 Å². The Kier molecular flexibility index (Phi) is 70.4. The van der Waals surface area contributed by atoms with Crippen molar-refractivity contribution in [3.8, 4) is 0 Å². The van der Waals surface area contributed by atoms with E-state index < -0.39 is 97.5 Å². The van der Waals surface area contributed by atoms with Crippen LogP contribution >= 0.6 is 15.6 Å². The number of hydrogen-bond donors (Lipinski definition) is 3. The first-order valence-corrected chi connectivity index (χ1v) is 42.5. The van der Waals surface area contributed by atoms with Crippen LogP contribution in [0.4, 0.5) is 0 Å². The molecule has 0 spiro atoms. The van der Waals surface area contributed by atoms with Crippen LogP contribution in [0, 0.1) is 0 Å². The van der Waals surface area contributed by atoms with E-state index in [1.807, 2.05) is 0 Å². The topological polar surface area (TPSA) is 237 Å². The molecule has 0 saturated carbocycles. The van der Waals surface area contributed by atoms with Crippen LogP contribution in [0.3, 0.4) is 0 Å². The molecule has 0 aliphatic heterocycles. The van der Waals surface area contributed by atoms with E-state index >= 15 is 0 Å². The molecule has 4 atom stereocenters. The zero-order valence-electron chi connectivity index (χ0n) is 63.1. The molecule has 3 N–H and O–H groups in total. The van der Waals surface area contributed by atoms with Gasteiger partial charge in [0.05, 0.1) is 26.4 Å². The van der Waals surface area contributed by atoms with E-state index in [4.69, 9.17) is 37.0 Å². The lowest BCUT2D eigenvalue weighted by Gasteiger charge is -2.21. The van der Waals surface area contributed by atoms with Crippen LogP contribution in [0.25, 0.3) is 0 Å². The minimum absolute atomic E-state index is 0.0756. The minimum atomic E-state index is -4.98. The Morgan fingerprint density at radius 3 is 0.740 bits per heavy atom. The third kappa shape index (κ3) is 72.3. The monoisotopic (exact) mass is 1450 g/mol. The summed E-state index contributed by atoms with van der Waals surface area (Å²) in [6, 6.07) is 0. The second-order valence-corrected chi connectivity index (χ2v) is 29.2. The summed E-state index contributed by atoms with van der Waals surface area (Å²) in [6.07, 6.45) is 76.6. The fourth-order valence-electron chi connectivity index (χ4n) is 10.4. The number of phosphoric acid groups is 2. The first kappa shape index (κ1) is 96.0. The number of carbonyl (C=O) groups is 4. The lowest BCUT2D eigenvalue weighted by Crippen LogP contribution is -2.30. The lowest BCUT2D eigenvalue weighted by molar-refractivity contribution is -0.161. The first-order valence-electron chi connectivity index (χ1n) is 39.5.